The minimum absolute atomic E-state index is 0.489. The molecule has 1 aliphatic carbocycles. The number of fused-ring (bicyclic) bond motifs is 1. The van der Waals surface area contributed by atoms with Gasteiger partial charge in [0.15, 0.2) is 5.65 Å². The van der Waals surface area contributed by atoms with Gasteiger partial charge in [0.25, 0.3) is 0 Å². The van der Waals surface area contributed by atoms with Crippen LogP contribution in [0.3, 0.4) is 0 Å². The van der Waals surface area contributed by atoms with E-state index in [1.165, 1.54) is 12.8 Å². The van der Waals surface area contributed by atoms with Gasteiger partial charge >= 0.3 is 0 Å². The van der Waals surface area contributed by atoms with Crippen molar-refractivity contribution in [1.29, 1.82) is 0 Å². The summed E-state index contributed by atoms with van der Waals surface area (Å²) in [6, 6.07) is 0. The molecule has 1 fully saturated rings. The number of hydrogen-bond donors (Lipinski definition) is 0. The third-order valence-corrected chi connectivity index (χ3v) is 3.56. The zero-order valence-corrected chi connectivity index (χ0v) is 11.4. The minimum Gasteiger partial charge on any atom is -0.299 e. The highest BCUT2D eigenvalue weighted by Crippen LogP contribution is 2.29. The zero-order valence-electron chi connectivity index (χ0n) is 10.6. The monoisotopic (exact) mass is 265 g/mol. The number of aromatic nitrogens is 4. The Labute approximate surface area is 111 Å². The van der Waals surface area contributed by atoms with Crippen molar-refractivity contribution in [2.45, 2.75) is 19.4 Å². The normalized spacial score (nSPS) is 15.8. The van der Waals surface area contributed by atoms with E-state index in [1.807, 2.05) is 7.05 Å². The fourth-order valence-electron chi connectivity index (χ4n) is 2.15. The lowest BCUT2D eigenvalue weighted by atomic mass is 10.3. The SMILES string of the molecule is CN(Cc1nc(Cl)c2cnn(C)c2n1)CC1CC1. The number of aryl methyl sites for hydroxylation is 1. The maximum atomic E-state index is 6.15. The maximum absolute atomic E-state index is 6.15. The van der Waals surface area contributed by atoms with Gasteiger partial charge in [0.2, 0.25) is 0 Å². The Bertz CT molecular complexity index is 575. The lowest BCUT2D eigenvalue weighted by Gasteiger charge is -2.15. The quantitative estimate of drug-likeness (QED) is 0.792. The summed E-state index contributed by atoms with van der Waals surface area (Å²) in [5.41, 5.74) is 0.796. The van der Waals surface area contributed by atoms with E-state index in [2.05, 4.69) is 27.0 Å². The van der Waals surface area contributed by atoms with Crippen molar-refractivity contribution in [3.63, 3.8) is 0 Å². The lowest BCUT2D eigenvalue weighted by molar-refractivity contribution is 0.305. The first-order chi connectivity index (χ1) is 8.63. The molecule has 0 unspecified atom stereocenters. The molecule has 0 radical (unpaired) electrons. The van der Waals surface area contributed by atoms with Crippen LogP contribution < -0.4 is 0 Å². The molecule has 2 heterocycles. The molecule has 2 aromatic heterocycles. The van der Waals surface area contributed by atoms with Gasteiger partial charge in [-0.3, -0.25) is 9.58 Å². The number of hydrogen-bond acceptors (Lipinski definition) is 4. The van der Waals surface area contributed by atoms with E-state index in [0.717, 1.165) is 35.9 Å². The summed E-state index contributed by atoms with van der Waals surface area (Å²) in [5, 5.41) is 5.45. The molecule has 0 aliphatic heterocycles. The van der Waals surface area contributed by atoms with Crippen LogP contribution in [0.25, 0.3) is 11.0 Å². The van der Waals surface area contributed by atoms with E-state index in [0.29, 0.717) is 5.15 Å². The fourth-order valence-corrected chi connectivity index (χ4v) is 2.38. The molecule has 0 atom stereocenters. The Morgan fingerprint density at radius 3 is 2.94 bits per heavy atom. The van der Waals surface area contributed by atoms with Gasteiger partial charge in [-0.2, -0.15) is 5.10 Å². The molecule has 2 aromatic rings. The van der Waals surface area contributed by atoms with Gasteiger partial charge in [-0.15, -0.1) is 0 Å². The molecule has 1 saturated carbocycles. The first-order valence-electron chi connectivity index (χ1n) is 6.16. The van der Waals surface area contributed by atoms with E-state index in [1.54, 1.807) is 10.9 Å². The summed E-state index contributed by atoms with van der Waals surface area (Å²) < 4.78 is 1.73. The molecular formula is C12H16ClN5. The zero-order chi connectivity index (χ0) is 12.7. The van der Waals surface area contributed by atoms with Crippen molar-refractivity contribution in [3.05, 3.63) is 17.2 Å². The van der Waals surface area contributed by atoms with Crippen LogP contribution in [0.2, 0.25) is 5.15 Å². The maximum Gasteiger partial charge on any atom is 0.162 e. The lowest BCUT2D eigenvalue weighted by Crippen LogP contribution is -2.22. The van der Waals surface area contributed by atoms with Crippen LogP contribution >= 0.6 is 11.6 Å². The molecular weight excluding hydrogens is 250 g/mol. The molecule has 1 aliphatic rings. The summed E-state index contributed by atoms with van der Waals surface area (Å²) in [7, 11) is 3.96. The van der Waals surface area contributed by atoms with Crippen LogP contribution in [0.5, 0.6) is 0 Å². The largest absolute Gasteiger partial charge is 0.299 e. The number of nitrogens with zero attached hydrogens (tertiary/aromatic N) is 5. The van der Waals surface area contributed by atoms with Crippen molar-refractivity contribution in [2.24, 2.45) is 13.0 Å². The van der Waals surface area contributed by atoms with Gasteiger partial charge in [-0.05, 0) is 25.8 Å². The van der Waals surface area contributed by atoms with Crippen LogP contribution in [0.4, 0.5) is 0 Å². The second-order valence-corrected chi connectivity index (χ2v) is 5.43. The van der Waals surface area contributed by atoms with Gasteiger partial charge in [0, 0.05) is 13.6 Å². The summed E-state index contributed by atoms with van der Waals surface area (Å²) >= 11 is 6.15. The van der Waals surface area contributed by atoms with Crippen LogP contribution in [0, 0.1) is 5.92 Å². The molecule has 0 aromatic carbocycles. The van der Waals surface area contributed by atoms with Gasteiger partial charge in [0.1, 0.15) is 11.0 Å². The van der Waals surface area contributed by atoms with Crippen LogP contribution in [0.15, 0.2) is 6.20 Å². The third-order valence-electron chi connectivity index (χ3n) is 3.27. The summed E-state index contributed by atoms with van der Waals surface area (Å²) in [5.74, 6) is 1.63. The molecule has 0 saturated heterocycles. The Kier molecular flexibility index (Phi) is 2.95. The number of rotatable bonds is 4. The Hall–Kier alpha value is -1.20. The molecule has 0 bridgehead atoms. The smallest absolute Gasteiger partial charge is 0.162 e. The van der Waals surface area contributed by atoms with Crippen LogP contribution in [-0.4, -0.2) is 38.2 Å². The van der Waals surface area contributed by atoms with Crippen molar-refractivity contribution in [1.82, 2.24) is 24.6 Å². The number of halogens is 1. The van der Waals surface area contributed by atoms with E-state index in [-0.39, 0.29) is 0 Å². The summed E-state index contributed by atoms with van der Waals surface area (Å²) in [4.78, 5) is 11.1. The Balaban J connectivity index is 1.84. The van der Waals surface area contributed by atoms with Crippen molar-refractivity contribution >= 4 is 22.6 Å². The van der Waals surface area contributed by atoms with Crippen molar-refractivity contribution < 1.29 is 0 Å². The molecule has 18 heavy (non-hydrogen) atoms. The predicted octanol–water partition coefficient (Wildman–Crippen LogP) is 1.86. The average Bonchev–Trinajstić information content (AvgIpc) is 3.03. The Morgan fingerprint density at radius 2 is 2.22 bits per heavy atom. The molecule has 0 amide bonds. The topological polar surface area (TPSA) is 46.8 Å². The van der Waals surface area contributed by atoms with E-state index in [9.17, 15) is 0 Å². The summed E-state index contributed by atoms with van der Waals surface area (Å²) in [6.07, 6.45) is 4.41. The predicted molar refractivity (Wildman–Crippen MR) is 70.4 cm³/mol. The van der Waals surface area contributed by atoms with E-state index < -0.39 is 0 Å². The van der Waals surface area contributed by atoms with Gasteiger partial charge in [-0.1, -0.05) is 11.6 Å². The molecule has 0 spiro atoms. The van der Waals surface area contributed by atoms with Gasteiger partial charge in [0.05, 0.1) is 18.1 Å². The highest BCUT2D eigenvalue weighted by atomic mass is 35.5. The Morgan fingerprint density at radius 1 is 1.44 bits per heavy atom. The molecule has 96 valence electrons. The second-order valence-electron chi connectivity index (χ2n) is 5.08. The minimum atomic E-state index is 0.489. The average molecular weight is 266 g/mol. The molecule has 0 N–H and O–H groups in total. The molecule has 3 rings (SSSR count). The molecule has 6 heteroatoms. The first kappa shape index (κ1) is 11.9. The molecule has 5 nitrogen and oxygen atoms in total. The van der Waals surface area contributed by atoms with Gasteiger partial charge < -0.3 is 0 Å². The first-order valence-corrected chi connectivity index (χ1v) is 6.54. The standard InChI is InChI=1S/C12H16ClN5/c1-17(6-8-3-4-8)7-10-15-11(13)9-5-14-18(2)12(9)16-10/h5,8H,3-4,6-7H2,1-2H3. The van der Waals surface area contributed by atoms with Gasteiger partial charge in [-0.25, -0.2) is 9.97 Å². The van der Waals surface area contributed by atoms with Crippen LogP contribution in [-0.2, 0) is 13.6 Å². The fraction of sp³-hybridized carbons (Fsp3) is 0.583. The van der Waals surface area contributed by atoms with E-state index >= 15 is 0 Å². The van der Waals surface area contributed by atoms with Crippen molar-refractivity contribution in [2.75, 3.05) is 13.6 Å². The highest BCUT2D eigenvalue weighted by Gasteiger charge is 2.23. The summed E-state index contributed by atoms with van der Waals surface area (Å²) in [6.45, 7) is 1.85. The van der Waals surface area contributed by atoms with Crippen molar-refractivity contribution in [3.8, 4) is 0 Å². The van der Waals surface area contributed by atoms with Crippen LogP contribution in [0.1, 0.15) is 18.7 Å². The third kappa shape index (κ3) is 2.33. The highest BCUT2D eigenvalue weighted by molar-refractivity contribution is 6.33. The van der Waals surface area contributed by atoms with E-state index in [4.69, 9.17) is 11.6 Å². The second kappa shape index (κ2) is 4.48.